The highest BCUT2D eigenvalue weighted by atomic mass is 16.5. The van der Waals surface area contributed by atoms with Crippen molar-refractivity contribution < 1.29 is 24.1 Å². The Bertz CT molecular complexity index is 646. The molecule has 1 aliphatic rings. The van der Waals surface area contributed by atoms with Crippen LogP contribution < -0.4 is 9.47 Å². The Hall–Kier alpha value is -2.61. The number of aliphatic hydroxyl groups is 1. The molecule has 1 aromatic carbocycles. The Labute approximate surface area is 116 Å². The predicted molar refractivity (Wildman–Crippen MR) is 72.3 cm³/mol. The summed E-state index contributed by atoms with van der Waals surface area (Å²) in [6.07, 6.45) is 0. The molecule has 1 N–H and O–H groups in total. The summed E-state index contributed by atoms with van der Waals surface area (Å²) < 4.78 is 15.5. The van der Waals surface area contributed by atoms with Crippen molar-refractivity contribution in [1.82, 2.24) is 0 Å². The third kappa shape index (κ3) is 2.28. The van der Waals surface area contributed by atoms with Gasteiger partial charge in [0.1, 0.15) is 23.7 Å². The van der Waals surface area contributed by atoms with Crippen LogP contribution in [0.1, 0.15) is 18.1 Å². The van der Waals surface area contributed by atoms with Gasteiger partial charge in [-0.25, -0.2) is 4.79 Å². The third-order valence-electron chi connectivity index (χ3n) is 2.94. The van der Waals surface area contributed by atoms with Crippen LogP contribution in [0.4, 0.5) is 0 Å². The van der Waals surface area contributed by atoms with E-state index in [-0.39, 0.29) is 17.9 Å². The van der Waals surface area contributed by atoms with Gasteiger partial charge in [0, 0.05) is 17.2 Å². The molecule has 0 radical (unpaired) electrons. The molecule has 1 aliphatic heterocycles. The van der Waals surface area contributed by atoms with E-state index in [0.717, 1.165) is 0 Å². The molecule has 0 fully saturated rings. The van der Waals surface area contributed by atoms with E-state index in [9.17, 15) is 9.90 Å². The molecule has 1 aromatic rings. The molecule has 0 aromatic heterocycles. The van der Waals surface area contributed by atoms with E-state index in [2.05, 4.69) is 11.8 Å². The maximum Gasteiger partial charge on any atom is 0.343 e. The first kappa shape index (κ1) is 13.8. The maximum atomic E-state index is 11.9. The summed E-state index contributed by atoms with van der Waals surface area (Å²) in [5, 5.41) is 9.94. The van der Waals surface area contributed by atoms with E-state index in [1.807, 2.05) is 0 Å². The number of allylic oxidation sites excluding steroid dienone is 1. The standard InChI is InChI=1S/C15H14O5/c1-4-5-12(16)14-10-6-9(18-2)7-13(19-3)11(10)8-20-15(14)17/h6-7,16H,8H2,1-3H3/b14-12-. The summed E-state index contributed by atoms with van der Waals surface area (Å²) in [7, 11) is 3.03. The van der Waals surface area contributed by atoms with Gasteiger partial charge >= 0.3 is 5.97 Å². The molecular weight excluding hydrogens is 260 g/mol. The van der Waals surface area contributed by atoms with Crippen LogP contribution >= 0.6 is 0 Å². The summed E-state index contributed by atoms with van der Waals surface area (Å²) in [5.74, 6) is 5.11. The molecule has 5 nitrogen and oxygen atoms in total. The van der Waals surface area contributed by atoms with Crippen LogP contribution in [0, 0.1) is 11.8 Å². The van der Waals surface area contributed by atoms with E-state index in [4.69, 9.17) is 14.2 Å². The van der Waals surface area contributed by atoms with Crippen LogP contribution in [0.3, 0.4) is 0 Å². The van der Waals surface area contributed by atoms with Gasteiger partial charge in [0.25, 0.3) is 0 Å². The average Bonchev–Trinajstić information content (AvgIpc) is 2.45. The predicted octanol–water partition coefficient (Wildman–Crippen LogP) is 2.05. The quantitative estimate of drug-likeness (QED) is 0.387. The molecule has 104 valence electrons. The van der Waals surface area contributed by atoms with Crippen LogP contribution in [-0.2, 0) is 16.1 Å². The second-order valence-electron chi connectivity index (χ2n) is 4.03. The molecular formula is C15H14O5. The zero-order valence-electron chi connectivity index (χ0n) is 11.4. The minimum Gasteiger partial charge on any atom is -0.500 e. The van der Waals surface area contributed by atoms with Crippen molar-refractivity contribution in [3.8, 4) is 23.3 Å². The van der Waals surface area contributed by atoms with E-state index >= 15 is 0 Å². The smallest absolute Gasteiger partial charge is 0.343 e. The number of cyclic esters (lactones) is 1. The van der Waals surface area contributed by atoms with E-state index in [1.54, 1.807) is 19.1 Å². The summed E-state index contributed by atoms with van der Waals surface area (Å²) in [6.45, 7) is 1.65. The lowest BCUT2D eigenvalue weighted by atomic mass is 9.95. The van der Waals surface area contributed by atoms with Crippen molar-refractivity contribution in [3.63, 3.8) is 0 Å². The molecule has 0 amide bonds. The Morgan fingerprint density at radius 3 is 2.70 bits per heavy atom. The molecule has 0 bridgehead atoms. The molecule has 1 heterocycles. The fourth-order valence-corrected chi connectivity index (χ4v) is 2.02. The average molecular weight is 274 g/mol. The fourth-order valence-electron chi connectivity index (χ4n) is 2.02. The number of carbonyl (C=O) groups excluding carboxylic acids is 1. The summed E-state index contributed by atoms with van der Waals surface area (Å²) in [5.41, 5.74) is 1.21. The van der Waals surface area contributed by atoms with Crippen molar-refractivity contribution in [2.75, 3.05) is 14.2 Å². The lowest BCUT2D eigenvalue weighted by Gasteiger charge is -2.21. The molecule has 0 spiro atoms. The SMILES string of the molecule is CC#C/C(O)=C1/C(=O)OCc2c(OC)cc(OC)cc21. The maximum absolute atomic E-state index is 11.9. The lowest BCUT2D eigenvalue weighted by Crippen LogP contribution is -2.18. The number of carbonyl (C=O) groups is 1. The third-order valence-corrected chi connectivity index (χ3v) is 2.94. The van der Waals surface area contributed by atoms with Crippen LogP contribution in [0.15, 0.2) is 17.9 Å². The van der Waals surface area contributed by atoms with Gasteiger partial charge in [-0.05, 0) is 18.9 Å². The van der Waals surface area contributed by atoms with Gasteiger partial charge in [-0.2, -0.15) is 0 Å². The number of hydrogen-bond donors (Lipinski definition) is 1. The normalized spacial score (nSPS) is 15.4. The van der Waals surface area contributed by atoms with Crippen molar-refractivity contribution in [2.45, 2.75) is 13.5 Å². The fraction of sp³-hybridized carbons (Fsp3) is 0.267. The Kier molecular flexibility index (Phi) is 3.85. The van der Waals surface area contributed by atoms with Gasteiger partial charge in [-0.15, -0.1) is 0 Å². The van der Waals surface area contributed by atoms with E-state index in [1.165, 1.54) is 14.2 Å². The van der Waals surface area contributed by atoms with Crippen molar-refractivity contribution in [1.29, 1.82) is 0 Å². The molecule has 0 saturated carbocycles. The first-order valence-corrected chi connectivity index (χ1v) is 5.90. The Morgan fingerprint density at radius 1 is 1.35 bits per heavy atom. The topological polar surface area (TPSA) is 65.0 Å². The Morgan fingerprint density at radius 2 is 2.10 bits per heavy atom. The number of methoxy groups -OCH3 is 2. The van der Waals surface area contributed by atoms with E-state index in [0.29, 0.717) is 22.6 Å². The number of aliphatic hydroxyl groups excluding tert-OH is 1. The largest absolute Gasteiger partial charge is 0.500 e. The molecule has 0 aliphatic carbocycles. The zero-order chi connectivity index (χ0) is 14.7. The van der Waals surface area contributed by atoms with Gasteiger partial charge in [0.15, 0.2) is 5.76 Å². The van der Waals surface area contributed by atoms with Crippen molar-refractivity contribution in [2.24, 2.45) is 0 Å². The van der Waals surface area contributed by atoms with Gasteiger partial charge in [-0.1, -0.05) is 5.92 Å². The van der Waals surface area contributed by atoms with E-state index < -0.39 is 5.97 Å². The van der Waals surface area contributed by atoms with Gasteiger partial charge in [-0.3, -0.25) is 0 Å². The van der Waals surface area contributed by atoms with Gasteiger partial charge in [0.05, 0.1) is 14.2 Å². The molecule has 2 rings (SSSR count). The van der Waals surface area contributed by atoms with Crippen LogP contribution in [0.2, 0.25) is 0 Å². The number of rotatable bonds is 2. The number of benzene rings is 1. The molecule has 0 atom stereocenters. The highest BCUT2D eigenvalue weighted by Gasteiger charge is 2.29. The molecule has 0 saturated heterocycles. The van der Waals surface area contributed by atoms with Gasteiger partial charge < -0.3 is 19.3 Å². The highest BCUT2D eigenvalue weighted by Crippen LogP contribution is 2.37. The lowest BCUT2D eigenvalue weighted by molar-refractivity contribution is -0.138. The summed E-state index contributed by atoms with van der Waals surface area (Å²) >= 11 is 0. The van der Waals surface area contributed by atoms with Crippen molar-refractivity contribution >= 4 is 11.5 Å². The van der Waals surface area contributed by atoms with Crippen LogP contribution in [0.25, 0.3) is 5.57 Å². The number of hydrogen-bond acceptors (Lipinski definition) is 5. The monoisotopic (exact) mass is 274 g/mol. The molecule has 20 heavy (non-hydrogen) atoms. The number of ether oxygens (including phenoxy) is 3. The minimum absolute atomic E-state index is 0.0257. The molecule has 0 unspecified atom stereocenters. The second kappa shape index (κ2) is 5.57. The van der Waals surface area contributed by atoms with Crippen LogP contribution in [-0.4, -0.2) is 25.3 Å². The highest BCUT2D eigenvalue weighted by molar-refractivity contribution is 6.19. The first-order valence-electron chi connectivity index (χ1n) is 5.90. The molecule has 5 heteroatoms. The van der Waals surface area contributed by atoms with Crippen molar-refractivity contribution in [3.05, 3.63) is 29.0 Å². The first-order chi connectivity index (χ1) is 9.62. The minimum atomic E-state index is -0.618. The number of fused-ring (bicyclic) bond motifs is 1. The number of esters is 1. The zero-order valence-corrected chi connectivity index (χ0v) is 11.4. The van der Waals surface area contributed by atoms with Crippen LogP contribution in [0.5, 0.6) is 11.5 Å². The van der Waals surface area contributed by atoms with Gasteiger partial charge in [0.2, 0.25) is 0 Å². The summed E-state index contributed by atoms with van der Waals surface area (Å²) in [6, 6.07) is 3.35. The second-order valence-corrected chi connectivity index (χ2v) is 4.03. The summed E-state index contributed by atoms with van der Waals surface area (Å²) in [4.78, 5) is 11.9. The Balaban J connectivity index is 2.74.